The van der Waals surface area contributed by atoms with Gasteiger partial charge in [0.15, 0.2) is 0 Å². The highest BCUT2D eigenvalue weighted by Gasteiger charge is 2.09. The molecule has 0 fully saturated rings. The molecule has 1 aromatic carbocycles. The maximum Gasteiger partial charge on any atom is 0.0709 e. The molecule has 0 bridgehead atoms. The highest BCUT2D eigenvalue weighted by Crippen LogP contribution is 2.21. The standard InChI is InChI=1S/C15H14N2/c1-10-3-5-14-12(7-10)4-6-15(17-14)13-8-11(2)16-9-13/h3-8H,9H2,1-2H3. The zero-order valence-electron chi connectivity index (χ0n) is 10.1. The third kappa shape index (κ3) is 1.86. The summed E-state index contributed by atoms with van der Waals surface area (Å²) in [5, 5.41) is 1.20. The number of aromatic nitrogens is 1. The Hall–Kier alpha value is -1.96. The second-order valence-electron chi connectivity index (χ2n) is 4.52. The number of nitrogens with zero attached hydrogens (tertiary/aromatic N) is 2. The first-order valence-corrected chi connectivity index (χ1v) is 5.82. The van der Waals surface area contributed by atoms with Crippen molar-refractivity contribution in [3.8, 4) is 0 Å². The zero-order chi connectivity index (χ0) is 11.8. The first-order valence-electron chi connectivity index (χ1n) is 5.82. The van der Waals surface area contributed by atoms with Crippen molar-refractivity contribution in [3.05, 3.63) is 47.7 Å². The largest absolute Gasteiger partial charge is 0.285 e. The average Bonchev–Trinajstić information content (AvgIpc) is 2.75. The molecule has 2 heteroatoms. The third-order valence-corrected chi connectivity index (χ3v) is 3.06. The molecule has 2 nitrogen and oxygen atoms in total. The lowest BCUT2D eigenvalue weighted by atomic mass is 10.1. The minimum atomic E-state index is 0.760. The summed E-state index contributed by atoms with van der Waals surface area (Å²) in [4.78, 5) is 9.06. The molecule has 0 saturated heterocycles. The van der Waals surface area contributed by atoms with E-state index in [0.717, 1.165) is 23.5 Å². The van der Waals surface area contributed by atoms with Gasteiger partial charge in [-0.05, 0) is 38.1 Å². The van der Waals surface area contributed by atoms with E-state index in [2.05, 4.69) is 48.3 Å². The van der Waals surface area contributed by atoms with E-state index in [1.165, 1.54) is 16.5 Å². The van der Waals surface area contributed by atoms with E-state index >= 15 is 0 Å². The van der Waals surface area contributed by atoms with Crippen LogP contribution in [-0.4, -0.2) is 17.2 Å². The van der Waals surface area contributed by atoms with Crippen molar-refractivity contribution in [2.75, 3.05) is 6.54 Å². The van der Waals surface area contributed by atoms with Crippen molar-refractivity contribution in [2.45, 2.75) is 13.8 Å². The lowest BCUT2D eigenvalue weighted by Crippen LogP contribution is -1.91. The SMILES string of the molecule is CC1=NCC(c2ccc3cc(C)ccc3n2)=C1. The molecule has 0 N–H and O–H groups in total. The Balaban J connectivity index is 2.09. The molecule has 0 saturated carbocycles. The van der Waals surface area contributed by atoms with Crippen LogP contribution in [-0.2, 0) is 0 Å². The van der Waals surface area contributed by atoms with Crippen molar-refractivity contribution in [3.63, 3.8) is 0 Å². The fourth-order valence-electron chi connectivity index (χ4n) is 2.13. The normalized spacial score (nSPS) is 14.9. The predicted molar refractivity (Wildman–Crippen MR) is 72.4 cm³/mol. The van der Waals surface area contributed by atoms with Crippen LogP contribution >= 0.6 is 0 Å². The molecule has 0 unspecified atom stereocenters. The van der Waals surface area contributed by atoms with Gasteiger partial charge in [-0.1, -0.05) is 17.7 Å². The number of fused-ring (bicyclic) bond motifs is 1. The number of pyridine rings is 1. The van der Waals surface area contributed by atoms with Crippen LogP contribution in [0, 0.1) is 6.92 Å². The van der Waals surface area contributed by atoms with Crippen LogP contribution in [0.15, 0.2) is 41.4 Å². The lowest BCUT2D eigenvalue weighted by Gasteiger charge is -2.03. The summed E-state index contributed by atoms with van der Waals surface area (Å²) in [6.07, 6.45) is 2.11. The van der Waals surface area contributed by atoms with Crippen molar-refractivity contribution in [2.24, 2.45) is 4.99 Å². The van der Waals surface area contributed by atoms with Crippen molar-refractivity contribution in [1.82, 2.24) is 4.98 Å². The first kappa shape index (κ1) is 10.2. The summed E-state index contributed by atoms with van der Waals surface area (Å²) in [5.74, 6) is 0. The molecule has 17 heavy (non-hydrogen) atoms. The molecule has 2 heterocycles. The molecule has 0 aliphatic carbocycles. The van der Waals surface area contributed by atoms with E-state index in [4.69, 9.17) is 4.98 Å². The third-order valence-electron chi connectivity index (χ3n) is 3.06. The summed E-state index contributed by atoms with van der Waals surface area (Å²) < 4.78 is 0. The van der Waals surface area contributed by atoms with Gasteiger partial charge in [-0.3, -0.25) is 4.99 Å². The van der Waals surface area contributed by atoms with Gasteiger partial charge in [-0.2, -0.15) is 0 Å². The van der Waals surface area contributed by atoms with Crippen LogP contribution in [0.4, 0.5) is 0 Å². The van der Waals surface area contributed by atoms with Gasteiger partial charge in [0.05, 0.1) is 17.8 Å². The molecular formula is C15H14N2. The number of allylic oxidation sites excluding steroid dienone is 1. The number of aryl methyl sites for hydroxylation is 1. The number of hydrogen-bond acceptors (Lipinski definition) is 2. The topological polar surface area (TPSA) is 25.2 Å². The van der Waals surface area contributed by atoms with E-state index in [1.54, 1.807) is 0 Å². The van der Waals surface area contributed by atoms with E-state index < -0.39 is 0 Å². The van der Waals surface area contributed by atoms with Crippen molar-refractivity contribution >= 4 is 22.2 Å². The Morgan fingerprint density at radius 3 is 2.71 bits per heavy atom. The fourth-order valence-corrected chi connectivity index (χ4v) is 2.13. The van der Waals surface area contributed by atoms with Crippen LogP contribution in [0.2, 0.25) is 0 Å². The van der Waals surface area contributed by atoms with Gasteiger partial charge >= 0.3 is 0 Å². The highest BCUT2D eigenvalue weighted by molar-refractivity contribution is 6.03. The van der Waals surface area contributed by atoms with Crippen LogP contribution in [0.3, 0.4) is 0 Å². The minimum absolute atomic E-state index is 0.760. The number of hydrogen-bond donors (Lipinski definition) is 0. The molecule has 1 aliphatic rings. The molecule has 3 rings (SSSR count). The fraction of sp³-hybridized carbons (Fsp3) is 0.200. The van der Waals surface area contributed by atoms with Gasteiger partial charge in [-0.15, -0.1) is 0 Å². The molecule has 1 aliphatic heterocycles. The van der Waals surface area contributed by atoms with Gasteiger partial charge in [0.25, 0.3) is 0 Å². The Bertz CT molecular complexity index is 651. The monoisotopic (exact) mass is 222 g/mol. The summed E-state index contributed by atoms with van der Waals surface area (Å²) in [6.45, 7) is 4.89. The second-order valence-corrected chi connectivity index (χ2v) is 4.52. The van der Waals surface area contributed by atoms with Gasteiger partial charge in [0.1, 0.15) is 0 Å². The smallest absolute Gasteiger partial charge is 0.0709 e. The second kappa shape index (κ2) is 3.81. The molecular weight excluding hydrogens is 208 g/mol. The van der Waals surface area contributed by atoms with Gasteiger partial charge in [0.2, 0.25) is 0 Å². The molecule has 0 amide bonds. The molecule has 84 valence electrons. The maximum atomic E-state index is 4.69. The Kier molecular flexibility index (Phi) is 2.29. The molecule has 0 spiro atoms. The van der Waals surface area contributed by atoms with E-state index in [1.807, 2.05) is 6.92 Å². The van der Waals surface area contributed by atoms with E-state index in [9.17, 15) is 0 Å². The maximum absolute atomic E-state index is 4.69. The van der Waals surface area contributed by atoms with Crippen molar-refractivity contribution < 1.29 is 0 Å². The van der Waals surface area contributed by atoms with Crippen LogP contribution in [0.5, 0.6) is 0 Å². The van der Waals surface area contributed by atoms with Gasteiger partial charge in [0, 0.05) is 16.7 Å². The summed E-state index contributed by atoms with van der Waals surface area (Å²) >= 11 is 0. The molecule has 0 radical (unpaired) electrons. The Morgan fingerprint density at radius 2 is 1.94 bits per heavy atom. The highest BCUT2D eigenvalue weighted by atomic mass is 14.8. The van der Waals surface area contributed by atoms with Crippen molar-refractivity contribution in [1.29, 1.82) is 0 Å². The number of rotatable bonds is 1. The van der Waals surface area contributed by atoms with E-state index in [0.29, 0.717) is 0 Å². The van der Waals surface area contributed by atoms with Crippen LogP contribution in [0.1, 0.15) is 18.2 Å². The van der Waals surface area contributed by atoms with Crippen LogP contribution in [0.25, 0.3) is 16.5 Å². The molecule has 1 aromatic heterocycles. The minimum Gasteiger partial charge on any atom is -0.285 e. The zero-order valence-corrected chi connectivity index (χ0v) is 10.1. The summed E-state index contributed by atoms with van der Waals surface area (Å²) in [5.41, 5.74) is 5.67. The number of aliphatic imine (C=N–C) groups is 1. The molecule has 2 aromatic rings. The average molecular weight is 222 g/mol. The molecule has 0 atom stereocenters. The Morgan fingerprint density at radius 1 is 1.06 bits per heavy atom. The quantitative estimate of drug-likeness (QED) is 0.726. The number of benzene rings is 1. The Labute approximate surface area is 101 Å². The van der Waals surface area contributed by atoms with Crippen LogP contribution < -0.4 is 0 Å². The van der Waals surface area contributed by atoms with Gasteiger partial charge in [-0.25, -0.2) is 4.98 Å². The van der Waals surface area contributed by atoms with Gasteiger partial charge < -0.3 is 0 Å². The van der Waals surface area contributed by atoms with E-state index in [-0.39, 0.29) is 0 Å². The predicted octanol–water partition coefficient (Wildman–Crippen LogP) is 3.40. The summed E-state index contributed by atoms with van der Waals surface area (Å²) in [6, 6.07) is 10.6. The first-order chi connectivity index (χ1) is 8.22. The summed E-state index contributed by atoms with van der Waals surface area (Å²) in [7, 11) is 0. The lowest BCUT2D eigenvalue weighted by molar-refractivity contribution is 1.24.